The highest BCUT2D eigenvalue weighted by Gasteiger charge is 2.06. The molecule has 0 aromatic heterocycles. The Morgan fingerprint density at radius 2 is 1.78 bits per heavy atom. The van der Waals surface area contributed by atoms with Gasteiger partial charge in [0.15, 0.2) is 0 Å². The first kappa shape index (κ1) is 17.9. The number of aromatic hydroxyl groups is 1. The third-order valence-corrected chi connectivity index (χ3v) is 3.94. The van der Waals surface area contributed by atoms with Gasteiger partial charge in [-0.2, -0.15) is 5.10 Å². The zero-order chi connectivity index (χ0) is 19.2. The number of fused-ring (bicyclic) bond motifs is 1. The van der Waals surface area contributed by atoms with Crippen molar-refractivity contribution in [3.8, 4) is 5.75 Å². The van der Waals surface area contributed by atoms with Crippen molar-refractivity contribution in [2.45, 2.75) is 0 Å². The average molecular weight is 359 g/mol. The smallest absolute Gasteiger partial charge is 0.269 e. The zero-order valence-corrected chi connectivity index (χ0v) is 14.4. The topological polar surface area (TPSA) is 87.8 Å². The molecule has 0 aliphatic heterocycles. The zero-order valence-electron chi connectivity index (χ0n) is 14.4. The van der Waals surface area contributed by atoms with Gasteiger partial charge >= 0.3 is 0 Å². The van der Waals surface area contributed by atoms with Crippen molar-refractivity contribution in [2.75, 3.05) is 0 Å². The van der Waals surface area contributed by atoms with E-state index in [2.05, 4.69) is 17.1 Å². The summed E-state index contributed by atoms with van der Waals surface area (Å²) in [5.74, 6) is 0.128. The summed E-state index contributed by atoms with van der Waals surface area (Å²) >= 11 is 0. The van der Waals surface area contributed by atoms with E-state index in [-0.39, 0.29) is 11.4 Å². The van der Waals surface area contributed by atoms with Crippen LogP contribution in [0.4, 0.5) is 5.69 Å². The number of nitrogens with one attached hydrogen (secondary N) is 1. The van der Waals surface area contributed by atoms with Gasteiger partial charge in [0.05, 0.1) is 10.6 Å². The molecular weight excluding hydrogens is 342 g/mol. The van der Waals surface area contributed by atoms with Gasteiger partial charge in [0.25, 0.3) is 5.69 Å². The Balaban J connectivity index is 1.63. The van der Waals surface area contributed by atoms with Crippen LogP contribution in [0.15, 0.2) is 78.4 Å². The van der Waals surface area contributed by atoms with E-state index in [0.29, 0.717) is 11.3 Å². The number of hydrogen-bond donors (Lipinski definition) is 2. The van der Waals surface area contributed by atoms with Gasteiger partial charge in [-0.25, -0.2) is 0 Å². The number of phenolic OH excluding ortho intramolecular Hbond substituents is 1. The fourth-order valence-electron chi connectivity index (χ4n) is 2.55. The second-order valence-corrected chi connectivity index (χ2v) is 5.79. The molecule has 0 saturated heterocycles. The van der Waals surface area contributed by atoms with Gasteiger partial charge in [-0.05, 0) is 46.7 Å². The highest BCUT2D eigenvalue weighted by atomic mass is 16.6. The first-order valence-electron chi connectivity index (χ1n) is 8.16. The number of nitro groups is 1. The molecule has 3 aromatic carbocycles. The first-order valence-corrected chi connectivity index (χ1v) is 8.16. The maximum Gasteiger partial charge on any atom is 0.269 e. The summed E-state index contributed by atoms with van der Waals surface area (Å²) in [6.07, 6.45) is 5.00. The molecule has 0 aliphatic rings. The van der Waals surface area contributed by atoms with Crippen molar-refractivity contribution in [1.29, 1.82) is 0 Å². The monoisotopic (exact) mass is 359 g/mol. The number of allylic oxidation sites excluding steroid dienone is 1. The van der Waals surface area contributed by atoms with Crippen LogP contribution in [0.3, 0.4) is 0 Å². The van der Waals surface area contributed by atoms with Crippen LogP contribution in [0.1, 0.15) is 11.1 Å². The molecular formula is C21H17N3O3. The molecule has 134 valence electrons. The molecule has 0 heterocycles. The summed E-state index contributed by atoms with van der Waals surface area (Å²) in [5.41, 5.74) is 4.70. The molecule has 3 aromatic rings. The van der Waals surface area contributed by atoms with E-state index < -0.39 is 4.92 Å². The van der Waals surface area contributed by atoms with Gasteiger partial charge in [-0.1, -0.05) is 36.9 Å². The predicted octanol–water partition coefficient (Wildman–Crippen LogP) is 4.71. The molecule has 0 unspecified atom stereocenters. The Bertz CT molecular complexity index is 1050. The molecule has 2 N–H and O–H groups in total. The van der Waals surface area contributed by atoms with Gasteiger partial charge in [-0.3, -0.25) is 15.5 Å². The highest BCUT2D eigenvalue weighted by molar-refractivity contribution is 5.88. The van der Waals surface area contributed by atoms with Gasteiger partial charge in [0.1, 0.15) is 5.75 Å². The molecule has 3 rings (SSSR count). The van der Waals surface area contributed by atoms with E-state index in [9.17, 15) is 15.2 Å². The number of benzene rings is 3. The Morgan fingerprint density at radius 3 is 2.44 bits per heavy atom. The van der Waals surface area contributed by atoms with Crippen molar-refractivity contribution in [1.82, 2.24) is 5.43 Å². The summed E-state index contributed by atoms with van der Waals surface area (Å²) in [6.45, 7) is 3.90. The van der Waals surface area contributed by atoms with E-state index in [4.69, 9.17) is 0 Å². The molecule has 0 amide bonds. The molecule has 0 atom stereocenters. The number of phenols is 1. The Kier molecular flexibility index (Phi) is 5.28. The van der Waals surface area contributed by atoms with Gasteiger partial charge in [0.2, 0.25) is 0 Å². The minimum absolute atomic E-state index is 0.0500. The van der Waals surface area contributed by atoms with Crippen LogP contribution in [0.5, 0.6) is 5.75 Å². The average Bonchev–Trinajstić information content (AvgIpc) is 2.67. The molecule has 0 aliphatic carbocycles. The fourth-order valence-corrected chi connectivity index (χ4v) is 2.55. The molecule has 0 spiro atoms. The summed E-state index contributed by atoms with van der Waals surface area (Å²) in [4.78, 5) is 10.2. The molecule has 6 heteroatoms. The minimum Gasteiger partial charge on any atom is -0.507 e. The summed E-state index contributed by atoms with van der Waals surface area (Å²) < 4.78 is 0. The largest absolute Gasteiger partial charge is 0.507 e. The van der Waals surface area contributed by atoms with E-state index in [1.54, 1.807) is 30.4 Å². The van der Waals surface area contributed by atoms with Gasteiger partial charge < -0.3 is 5.11 Å². The van der Waals surface area contributed by atoms with Crippen molar-refractivity contribution in [3.63, 3.8) is 0 Å². The number of hydrazone groups is 1. The summed E-state index contributed by atoms with van der Waals surface area (Å²) in [6, 6.07) is 17.5. The quantitative estimate of drug-likeness (QED) is 0.379. The van der Waals surface area contributed by atoms with Crippen molar-refractivity contribution < 1.29 is 10.0 Å². The molecule has 27 heavy (non-hydrogen) atoms. The van der Waals surface area contributed by atoms with Crippen molar-refractivity contribution in [2.24, 2.45) is 5.10 Å². The highest BCUT2D eigenvalue weighted by Crippen LogP contribution is 2.28. The molecule has 0 fully saturated rings. The molecule has 0 radical (unpaired) electrons. The first-order chi connectivity index (χ1) is 13.0. The molecule has 0 saturated carbocycles. The number of nitro benzene ring substituents is 1. The fraction of sp³-hybridized carbons (Fsp3) is 0. The minimum atomic E-state index is -0.438. The van der Waals surface area contributed by atoms with Crippen LogP contribution in [-0.2, 0) is 0 Å². The SMILES string of the molecule is C=C(N/N=C/C=C/c1ccc([N+](=O)[O-])cc1)c1cc2ccccc2cc1O. The van der Waals surface area contributed by atoms with Crippen LogP contribution in [0.2, 0.25) is 0 Å². The normalized spacial score (nSPS) is 11.3. The number of non-ortho nitro benzene ring substituents is 1. The second-order valence-electron chi connectivity index (χ2n) is 5.79. The van der Waals surface area contributed by atoms with Crippen LogP contribution in [0.25, 0.3) is 22.5 Å². The summed E-state index contributed by atoms with van der Waals surface area (Å²) in [7, 11) is 0. The standard InChI is InChI=1S/C21H17N3O3/c1-15(20-13-17-6-2-3-7-18(17)14-21(20)25)23-22-12-4-5-16-8-10-19(11-9-16)24(26)27/h2-14,23,25H,1H2/b5-4+,22-12+. The number of rotatable bonds is 6. The lowest BCUT2D eigenvalue weighted by atomic mass is 10.0. The van der Waals surface area contributed by atoms with E-state index >= 15 is 0 Å². The predicted molar refractivity (Wildman–Crippen MR) is 108 cm³/mol. The lowest BCUT2D eigenvalue weighted by Gasteiger charge is -2.09. The molecule has 0 bridgehead atoms. The Labute approximate surface area is 155 Å². The maximum atomic E-state index is 10.6. The van der Waals surface area contributed by atoms with Gasteiger partial charge in [0, 0.05) is 23.9 Å². The lowest BCUT2D eigenvalue weighted by Crippen LogP contribution is -2.03. The molecule has 6 nitrogen and oxygen atoms in total. The van der Waals surface area contributed by atoms with Crippen LogP contribution in [0, 0.1) is 10.1 Å². The number of hydrogen-bond acceptors (Lipinski definition) is 5. The van der Waals surface area contributed by atoms with Gasteiger partial charge in [-0.15, -0.1) is 0 Å². The summed E-state index contributed by atoms with van der Waals surface area (Å²) in [5, 5.41) is 26.8. The Morgan fingerprint density at radius 1 is 1.11 bits per heavy atom. The van der Waals surface area contributed by atoms with E-state index in [0.717, 1.165) is 16.3 Å². The van der Waals surface area contributed by atoms with Crippen LogP contribution < -0.4 is 5.43 Å². The lowest BCUT2D eigenvalue weighted by molar-refractivity contribution is -0.384. The third kappa shape index (κ3) is 4.38. The Hall–Kier alpha value is -3.93. The van der Waals surface area contributed by atoms with Crippen molar-refractivity contribution >= 4 is 34.4 Å². The third-order valence-electron chi connectivity index (χ3n) is 3.94. The second kappa shape index (κ2) is 7.97. The van der Waals surface area contributed by atoms with E-state index in [1.165, 1.54) is 18.3 Å². The van der Waals surface area contributed by atoms with Crippen LogP contribution in [-0.4, -0.2) is 16.2 Å². The van der Waals surface area contributed by atoms with E-state index in [1.807, 2.05) is 30.3 Å². The maximum absolute atomic E-state index is 10.6. The van der Waals surface area contributed by atoms with Crippen molar-refractivity contribution in [3.05, 3.63) is 94.6 Å². The van der Waals surface area contributed by atoms with Crippen LogP contribution >= 0.6 is 0 Å². The number of nitrogens with zero attached hydrogens (tertiary/aromatic N) is 2.